The van der Waals surface area contributed by atoms with Crippen molar-refractivity contribution in [3.8, 4) is 0 Å². The summed E-state index contributed by atoms with van der Waals surface area (Å²) < 4.78 is 1.73. The van der Waals surface area contributed by atoms with Crippen molar-refractivity contribution in [2.24, 2.45) is 0 Å². The third-order valence-corrected chi connectivity index (χ3v) is 2.91. The molecule has 1 N–H and O–H groups in total. The van der Waals surface area contributed by atoms with Crippen LogP contribution in [0.1, 0.15) is 28.8 Å². The monoisotopic (exact) mass is 242 g/mol. The molecule has 1 aliphatic rings. The minimum absolute atomic E-state index is 0.0120. The summed E-state index contributed by atoms with van der Waals surface area (Å²) in [4.78, 5) is 15.8. The van der Waals surface area contributed by atoms with E-state index < -0.39 is 0 Å². The molecule has 92 valence electrons. The normalized spacial score (nSPS) is 14.4. The lowest BCUT2D eigenvalue weighted by Gasteiger charge is -2.06. The Morgan fingerprint density at radius 1 is 1.44 bits per heavy atom. The van der Waals surface area contributed by atoms with Gasteiger partial charge in [-0.2, -0.15) is 5.10 Å². The second kappa shape index (κ2) is 4.60. The number of rotatable bonds is 4. The summed E-state index contributed by atoms with van der Waals surface area (Å²) in [5.74, 6) is 0.0120. The third kappa shape index (κ3) is 2.56. The molecule has 0 saturated heterocycles. The number of nitrogens with one attached hydrogen (secondary N) is 1. The smallest absolute Gasteiger partial charge is 0.251 e. The maximum Gasteiger partial charge on any atom is 0.251 e. The highest BCUT2D eigenvalue weighted by Crippen LogP contribution is 2.19. The van der Waals surface area contributed by atoms with E-state index in [-0.39, 0.29) is 5.91 Å². The van der Waals surface area contributed by atoms with Gasteiger partial charge in [0.1, 0.15) is 12.7 Å². The first kappa shape index (κ1) is 11.0. The largest absolute Gasteiger partial charge is 0.349 e. The molecule has 1 amide bonds. The van der Waals surface area contributed by atoms with Gasteiger partial charge >= 0.3 is 0 Å². The molecular formula is C13H14N4O. The average molecular weight is 242 g/mol. The molecule has 1 aromatic carbocycles. The molecule has 0 radical (unpaired) electrons. The summed E-state index contributed by atoms with van der Waals surface area (Å²) in [7, 11) is 0. The molecule has 1 fully saturated rings. The molecule has 1 aromatic heterocycles. The third-order valence-electron chi connectivity index (χ3n) is 2.91. The van der Waals surface area contributed by atoms with Gasteiger partial charge in [0.2, 0.25) is 0 Å². The van der Waals surface area contributed by atoms with Crippen molar-refractivity contribution in [2.45, 2.75) is 25.4 Å². The van der Waals surface area contributed by atoms with E-state index in [0.29, 0.717) is 18.2 Å². The molecule has 2 aromatic rings. The zero-order valence-corrected chi connectivity index (χ0v) is 9.91. The van der Waals surface area contributed by atoms with Crippen LogP contribution in [0.5, 0.6) is 0 Å². The number of hydrogen-bond acceptors (Lipinski definition) is 3. The molecule has 0 atom stereocenters. The van der Waals surface area contributed by atoms with E-state index in [2.05, 4.69) is 15.4 Å². The fraction of sp³-hybridized carbons (Fsp3) is 0.308. The Morgan fingerprint density at radius 3 is 3.06 bits per heavy atom. The van der Waals surface area contributed by atoms with Crippen LogP contribution in [0, 0.1) is 0 Å². The number of carbonyl (C=O) groups excluding carboxylic acids is 1. The molecule has 0 spiro atoms. The summed E-state index contributed by atoms with van der Waals surface area (Å²) in [6.45, 7) is 0.630. The minimum atomic E-state index is 0.0120. The van der Waals surface area contributed by atoms with Crippen LogP contribution >= 0.6 is 0 Å². The van der Waals surface area contributed by atoms with Gasteiger partial charge in [0.15, 0.2) is 0 Å². The lowest BCUT2D eigenvalue weighted by atomic mass is 10.1. The predicted molar refractivity (Wildman–Crippen MR) is 66.1 cm³/mol. The van der Waals surface area contributed by atoms with E-state index in [1.165, 1.54) is 6.33 Å². The van der Waals surface area contributed by atoms with Gasteiger partial charge in [-0.05, 0) is 30.5 Å². The summed E-state index contributed by atoms with van der Waals surface area (Å²) in [6, 6.07) is 8.00. The highest BCUT2D eigenvalue weighted by molar-refractivity contribution is 5.94. The van der Waals surface area contributed by atoms with Gasteiger partial charge in [0.05, 0.1) is 6.54 Å². The van der Waals surface area contributed by atoms with Gasteiger partial charge in [-0.1, -0.05) is 12.1 Å². The molecular weight excluding hydrogens is 228 g/mol. The number of amides is 1. The van der Waals surface area contributed by atoms with Crippen LogP contribution in [0.4, 0.5) is 0 Å². The maximum absolute atomic E-state index is 11.9. The van der Waals surface area contributed by atoms with Crippen LogP contribution in [-0.2, 0) is 6.54 Å². The quantitative estimate of drug-likeness (QED) is 0.877. The first-order valence-electron chi connectivity index (χ1n) is 6.03. The van der Waals surface area contributed by atoms with Crippen molar-refractivity contribution in [1.29, 1.82) is 0 Å². The first-order valence-corrected chi connectivity index (χ1v) is 6.03. The van der Waals surface area contributed by atoms with Crippen molar-refractivity contribution in [2.75, 3.05) is 0 Å². The molecule has 1 heterocycles. The van der Waals surface area contributed by atoms with Gasteiger partial charge in [-0.25, -0.2) is 9.67 Å². The molecule has 1 aliphatic carbocycles. The fourth-order valence-electron chi connectivity index (χ4n) is 1.81. The first-order chi connectivity index (χ1) is 8.81. The van der Waals surface area contributed by atoms with E-state index in [1.807, 2.05) is 24.3 Å². The zero-order valence-electron chi connectivity index (χ0n) is 9.91. The van der Waals surface area contributed by atoms with Crippen LogP contribution in [0.25, 0.3) is 0 Å². The Bertz CT molecular complexity index is 546. The highest BCUT2D eigenvalue weighted by atomic mass is 16.1. The standard InChI is InChI=1S/C13H14N4O/c18-13(16-12-4-5-12)11-3-1-2-10(6-11)7-17-9-14-8-15-17/h1-3,6,8-9,12H,4-5,7H2,(H,16,18). The maximum atomic E-state index is 11.9. The number of nitrogens with zero attached hydrogens (tertiary/aromatic N) is 3. The minimum Gasteiger partial charge on any atom is -0.349 e. The van der Waals surface area contributed by atoms with Gasteiger partial charge < -0.3 is 5.32 Å². The van der Waals surface area contributed by atoms with Crippen LogP contribution in [0.3, 0.4) is 0 Å². The van der Waals surface area contributed by atoms with Crippen molar-refractivity contribution in [3.63, 3.8) is 0 Å². The summed E-state index contributed by atoms with van der Waals surface area (Å²) >= 11 is 0. The molecule has 0 unspecified atom stereocenters. The van der Waals surface area contributed by atoms with E-state index in [0.717, 1.165) is 18.4 Å². The van der Waals surface area contributed by atoms with E-state index in [4.69, 9.17) is 0 Å². The highest BCUT2D eigenvalue weighted by Gasteiger charge is 2.23. The fourth-order valence-corrected chi connectivity index (χ4v) is 1.81. The number of aromatic nitrogens is 3. The number of hydrogen-bond donors (Lipinski definition) is 1. The Hall–Kier alpha value is -2.17. The molecule has 3 rings (SSSR count). The Labute approximate surface area is 105 Å². The lowest BCUT2D eigenvalue weighted by molar-refractivity contribution is 0.0951. The van der Waals surface area contributed by atoms with Crippen molar-refractivity contribution in [3.05, 3.63) is 48.0 Å². The number of benzene rings is 1. The topological polar surface area (TPSA) is 59.8 Å². The predicted octanol–water partition coefficient (Wildman–Crippen LogP) is 1.22. The molecule has 5 heteroatoms. The van der Waals surface area contributed by atoms with Crippen LogP contribution in [-0.4, -0.2) is 26.7 Å². The zero-order chi connectivity index (χ0) is 12.4. The van der Waals surface area contributed by atoms with Crippen LogP contribution in [0.2, 0.25) is 0 Å². The Morgan fingerprint density at radius 2 is 2.33 bits per heavy atom. The molecule has 1 saturated carbocycles. The molecule has 5 nitrogen and oxygen atoms in total. The number of carbonyl (C=O) groups is 1. The SMILES string of the molecule is O=C(NC1CC1)c1cccc(Cn2cncn2)c1. The second-order valence-corrected chi connectivity index (χ2v) is 4.54. The van der Waals surface area contributed by atoms with Gasteiger partial charge in [0.25, 0.3) is 5.91 Å². The Balaban J connectivity index is 1.73. The van der Waals surface area contributed by atoms with Crippen molar-refractivity contribution >= 4 is 5.91 Å². The van der Waals surface area contributed by atoms with Crippen molar-refractivity contribution in [1.82, 2.24) is 20.1 Å². The second-order valence-electron chi connectivity index (χ2n) is 4.54. The summed E-state index contributed by atoms with van der Waals surface area (Å²) in [6.07, 6.45) is 5.37. The van der Waals surface area contributed by atoms with Gasteiger partial charge in [-0.3, -0.25) is 4.79 Å². The van der Waals surface area contributed by atoms with Gasteiger partial charge in [-0.15, -0.1) is 0 Å². The molecule has 18 heavy (non-hydrogen) atoms. The van der Waals surface area contributed by atoms with Gasteiger partial charge in [0, 0.05) is 11.6 Å². The van der Waals surface area contributed by atoms with Crippen molar-refractivity contribution < 1.29 is 4.79 Å². The lowest BCUT2D eigenvalue weighted by Crippen LogP contribution is -2.25. The van der Waals surface area contributed by atoms with E-state index in [1.54, 1.807) is 11.0 Å². The van der Waals surface area contributed by atoms with E-state index >= 15 is 0 Å². The van der Waals surface area contributed by atoms with Crippen LogP contribution in [0.15, 0.2) is 36.9 Å². The van der Waals surface area contributed by atoms with E-state index in [9.17, 15) is 4.79 Å². The molecule has 0 bridgehead atoms. The summed E-state index contributed by atoms with van der Waals surface area (Å²) in [5.41, 5.74) is 1.75. The molecule has 0 aliphatic heterocycles. The Kier molecular flexibility index (Phi) is 2.80. The van der Waals surface area contributed by atoms with Crippen LogP contribution < -0.4 is 5.32 Å². The summed E-state index contributed by atoms with van der Waals surface area (Å²) in [5, 5.41) is 7.03. The average Bonchev–Trinajstić information content (AvgIpc) is 3.04.